The standard InChI is InChI=1S/C19H28O7/c1-2-23-17(22)14(20)11-15(21)19-8-6-18(7-9-19,13-26-19)12-25-16-5-3-4-10-24-16/h16H,2-13H2,1H3. The van der Waals surface area contributed by atoms with E-state index >= 15 is 0 Å². The molecule has 2 bridgehead atoms. The van der Waals surface area contributed by atoms with E-state index in [2.05, 4.69) is 4.74 Å². The van der Waals surface area contributed by atoms with Crippen LogP contribution in [0.1, 0.15) is 58.3 Å². The maximum Gasteiger partial charge on any atom is 0.375 e. The number of Topliss-reactive ketones (excluding diaryl/α,β-unsaturated/α-hetero) is 2. The van der Waals surface area contributed by atoms with Crippen molar-refractivity contribution >= 4 is 17.5 Å². The highest BCUT2D eigenvalue weighted by Crippen LogP contribution is 2.50. The van der Waals surface area contributed by atoms with Gasteiger partial charge in [0.05, 0.1) is 26.2 Å². The van der Waals surface area contributed by atoms with Crippen molar-refractivity contribution in [1.29, 1.82) is 0 Å². The lowest BCUT2D eigenvalue weighted by Gasteiger charge is -2.52. The van der Waals surface area contributed by atoms with Gasteiger partial charge in [-0.25, -0.2) is 4.79 Å². The average molecular weight is 368 g/mol. The molecule has 0 N–H and O–H groups in total. The van der Waals surface area contributed by atoms with E-state index in [0.29, 0.717) is 26.1 Å². The molecule has 0 radical (unpaired) electrons. The van der Waals surface area contributed by atoms with Crippen molar-refractivity contribution in [3.8, 4) is 0 Å². The normalized spacial score (nSPS) is 33.7. The number of hydrogen-bond acceptors (Lipinski definition) is 7. The molecule has 0 amide bonds. The highest BCUT2D eigenvalue weighted by Gasteiger charge is 2.54. The lowest BCUT2D eigenvalue weighted by molar-refractivity contribution is -0.229. The minimum absolute atomic E-state index is 0.0754. The largest absolute Gasteiger partial charge is 0.460 e. The number of carbonyl (C=O) groups is 3. The second-order valence-corrected chi connectivity index (χ2v) is 7.63. The molecule has 7 nitrogen and oxygen atoms in total. The van der Waals surface area contributed by atoms with Crippen LogP contribution >= 0.6 is 0 Å². The molecule has 1 aliphatic carbocycles. The Balaban J connectivity index is 1.50. The molecule has 26 heavy (non-hydrogen) atoms. The van der Waals surface area contributed by atoms with Gasteiger partial charge in [-0.2, -0.15) is 0 Å². The van der Waals surface area contributed by atoms with Crippen molar-refractivity contribution in [3.05, 3.63) is 0 Å². The van der Waals surface area contributed by atoms with Crippen LogP contribution in [0.2, 0.25) is 0 Å². The van der Waals surface area contributed by atoms with Gasteiger partial charge in [-0.05, 0) is 51.9 Å². The van der Waals surface area contributed by atoms with E-state index < -0.39 is 23.8 Å². The summed E-state index contributed by atoms with van der Waals surface area (Å²) in [6, 6.07) is 0. The van der Waals surface area contributed by atoms with E-state index in [1.165, 1.54) is 0 Å². The maximum absolute atomic E-state index is 12.6. The Bertz CT molecular complexity index is 526. The number of fused-ring (bicyclic) bond motifs is 3. The summed E-state index contributed by atoms with van der Waals surface area (Å²) in [7, 11) is 0. The zero-order valence-electron chi connectivity index (χ0n) is 15.4. The summed E-state index contributed by atoms with van der Waals surface area (Å²) in [5, 5.41) is 0. The van der Waals surface area contributed by atoms with Gasteiger partial charge in [0.2, 0.25) is 5.78 Å². The van der Waals surface area contributed by atoms with Crippen LogP contribution in [-0.2, 0) is 33.3 Å². The van der Waals surface area contributed by atoms with E-state index in [0.717, 1.165) is 38.7 Å². The van der Waals surface area contributed by atoms with Gasteiger partial charge in [0.15, 0.2) is 12.1 Å². The Morgan fingerprint density at radius 1 is 1.12 bits per heavy atom. The van der Waals surface area contributed by atoms with Crippen molar-refractivity contribution in [1.82, 2.24) is 0 Å². The number of ketones is 2. The molecular weight excluding hydrogens is 340 g/mol. The summed E-state index contributed by atoms with van der Waals surface area (Å²) in [6.07, 6.45) is 5.33. The monoisotopic (exact) mass is 368 g/mol. The predicted molar refractivity (Wildman–Crippen MR) is 90.4 cm³/mol. The topological polar surface area (TPSA) is 88.1 Å². The van der Waals surface area contributed by atoms with Gasteiger partial charge in [-0.15, -0.1) is 0 Å². The highest BCUT2D eigenvalue weighted by molar-refractivity contribution is 6.37. The van der Waals surface area contributed by atoms with Crippen LogP contribution in [0.15, 0.2) is 0 Å². The quantitative estimate of drug-likeness (QED) is 0.367. The van der Waals surface area contributed by atoms with E-state index in [9.17, 15) is 14.4 Å². The zero-order chi connectivity index (χ0) is 18.6. The molecule has 4 aliphatic rings. The Labute approximate surface area is 153 Å². The molecule has 1 unspecified atom stereocenters. The van der Waals surface area contributed by atoms with Crippen LogP contribution in [0, 0.1) is 5.41 Å². The molecule has 3 saturated heterocycles. The van der Waals surface area contributed by atoms with Crippen molar-refractivity contribution in [3.63, 3.8) is 0 Å². The molecule has 146 valence electrons. The fourth-order valence-electron chi connectivity index (χ4n) is 4.01. The Morgan fingerprint density at radius 3 is 2.46 bits per heavy atom. The minimum Gasteiger partial charge on any atom is -0.460 e. The number of esters is 1. The van der Waals surface area contributed by atoms with Gasteiger partial charge < -0.3 is 18.9 Å². The number of carbonyl (C=O) groups excluding carboxylic acids is 3. The van der Waals surface area contributed by atoms with Gasteiger partial charge in [-0.1, -0.05) is 0 Å². The smallest absolute Gasteiger partial charge is 0.375 e. The summed E-state index contributed by atoms with van der Waals surface area (Å²) in [5.41, 5.74) is -1.00. The Hall–Kier alpha value is -1.31. The maximum atomic E-state index is 12.6. The molecule has 7 heteroatoms. The SMILES string of the molecule is CCOC(=O)C(=O)CC(=O)C12CCC(COC3CCCCO3)(CC1)CO2. The molecule has 1 saturated carbocycles. The van der Waals surface area contributed by atoms with Crippen LogP contribution in [0.3, 0.4) is 0 Å². The molecule has 0 aromatic heterocycles. The lowest BCUT2D eigenvalue weighted by Crippen LogP contribution is -2.57. The average Bonchev–Trinajstić information content (AvgIpc) is 2.69. The number of hydrogen-bond donors (Lipinski definition) is 0. The molecule has 1 atom stereocenters. The van der Waals surface area contributed by atoms with Crippen LogP contribution in [0.5, 0.6) is 0 Å². The number of ether oxygens (including phenoxy) is 4. The summed E-state index contributed by atoms with van der Waals surface area (Å²) in [6.45, 7) is 3.51. The van der Waals surface area contributed by atoms with Crippen molar-refractivity contribution in [2.24, 2.45) is 5.41 Å². The molecule has 0 aromatic rings. The second-order valence-electron chi connectivity index (χ2n) is 7.63. The Morgan fingerprint density at radius 2 is 1.88 bits per heavy atom. The van der Waals surface area contributed by atoms with Crippen LogP contribution in [-0.4, -0.2) is 55.9 Å². The van der Waals surface area contributed by atoms with E-state index in [-0.39, 0.29) is 24.1 Å². The van der Waals surface area contributed by atoms with Crippen molar-refractivity contribution < 1.29 is 33.3 Å². The third-order valence-corrected chi connectivity index (χ3v) is 5.82. The van der Waals surface area contributed by atoms with Gasteiger partial charge in [0.25, 0.3) is 0 Å². The lowest BCUT2D eigenvalue weighted by atomic mass is 9.65. The van der Waals surface area contributed by atoms with Gasteiger partial charge in [0.1, 0.15) is 5.60 Å². The van der Waals surface area contributed by atoms with E-state index in [4.69, 9.17) is 14.2 Å². The summed E-state index contributed by atoms with van der Waals surface area (Å²) < 4.78 is 22.2. The third-order valence-electron chi connectivity index (χ3n) is 5.82. The fourth-order valence-corrected chi connectivity index (χ4v) is 4.01. The first kappa shape index (κ1) is 19.5. The first-order valence-electron chi connectivity index (χ1n) is 9.59. The summed E-state index contributed by atoms with van der Waals surface area (Å²) in [4.78, 5) is 35.9. The van der Waals surface area contributed by atoms with Crippen molar-refractivity contribution in [2.45, 2.75) is 70.2 Å². The Kier molecular flexibility index (Phi) is 6.10. The number of rotatable bonds is 8. The molecule has 4 rings (SSSR count). The van der Waals surface area contributed by atoms with Gasteiger partial charge >= 0.3 is 5.97 Å². The fraction of sp³-hybridized carbons (Fsp3) is 0.842. The third kappa shape index (κ3) is 4.15. The molecule has 0 spiro atoms. The minimum atomic E-state index is -0.945. The first-order valence-corrected chi connectivity index (χ1v) is 9.59. The highest BCUT2D eigenvalue weighted by atomic mass is 16.7. The van der Waals surface area contributed by atoms with Crippen molar-refractivity contribution in [2.75, 3.05) is 26.4 Å². The summed E-state index contributed by atoms with van der Waals surface area (Å²) in [5.74, 6) is -2.05. The van der Waals surface area contributed by atoms with E-state index in [1.807, 2.05) is 0 Å². The van der Waals surface area contributed by atoms with Crippen LogP contribution in [0.4, 0.5) is 0 Å². The van der Waals surface area contributed by atoms with Crippen LogP contribution < -0.4 is 0 Å². The molecule has 3 aliphatic heterocycles. The van der Waals surface area contributed by atoms with Gasteiger partial charge in [-0.3, -0.25) is 9.59 Å². The molecule has 3 heterocycles. The first-order chi connectivity index (χ1) is 12.5. The summed E-state index contributed by atoms with van der Waals surface area (Å²) >= 11 is 0. The van der Waals surface area contributed by atoms with E-state index in [1.54, 1.807) is 6.92 Å². The molecule has 4 fully saturated rings. The van der Waals surface area contributed by atoms with Crippen LogP contribution in [0.25, 0.3) is 0 Å². The zero-order valence-corrected chi connectivity index (χ0v) is 15.4. The van der Waals surface area contributed by atoms with Gasteiger partial charge in [0, 0.05) is 12.0 Å². The predicted octanol–water partition coefficient (Wildman–Crippen LogP) is 1.95. The second kappa shape index (κ2) is 8.15. The molecule has 0 aromatic carbocycles. The molecular formula is C19H28O7.